The smallest absolute Gasteiger partial charge is 0.0141 e. The summed E-state index contributed by atoms with van der Waals surface area (Å²) in [5.41, 5.74) is 5.34. The molecule has 102 valence electrons. The highest BCUT2D eigenvalue weighted by Crippen LogP contribution is 2.10. The third-order valence-electron chi connectivity index (χ3n) is 3.05. The molecule has 0 unspecified atom stereocenters. The molecule has 0 saturated heterocycles. The summed E-state index contributed by atoms with van der Waals surface area (Å²) >= 11 is 0. The molecule has 0 amide bonds. The lowest BCUT2D eigenvalue weighted by Gasteiger charge is -2.02. The van der Waals surface area contributed by atoms with E-state index in [1.54, 1.807) is 0 Å². The molecule has 0 aromatic rings. The van der Waals surface area contributed by atoms with E-state index in [0.29, 0.717) is 6.54 Å². The van der Waals surface area contributed by atoms with Crippen LogP contribution in [0, 0.1) is 0 Å². The first-order valence-corrected chi connectivity index (χ1v) is 7.50. The number of nitrogens with two attached hydrogens (primary N) is 1. The second-order valence-corrected chi connectivity index (χ2v) is 4.77. The highest BCUT2D eigenvalue weighted by Gasteiger charge is 1.91. The maximum atomic E-state index is 5.34. The van der Waals surface area contributed by atoms with E-state index in [0.717, 1.165) is 6.54 Å². The van der Waals surface area contributed by atoms with Gasteiger partial charge in [-0.15, -0.1) is 0 Å². The predicted octanol–water partition coefficient (Wildman–Crippen LogP) is 3.97. The van der Waals surface area contributed by atoms with Gasteiger partial charge in [0.05, 0.1) is 0 Å². The molecule has 0 aliphatic carbocycles. The van der Waals surface area contributed by atoms with Crippen LogP contribution in [-0.4, -0.2) is 13.1 Å². The van der Waals surface area contributed by atoms with E-state index >= 15 is 0 Å². The quantitative estimate of drug-likeness (QED) is 0.478. The van der Waals surface area contributed by atoms with Gasteiger partial charge < -0.3 is 11.1 Å². The van der Waals surface area contributed by atoms with Crippen LogP contribution < -0.4 is 11.1 Å². The fourth-order valence-corrected chi connectivity index (χ4v) is 1.95. The van der Waals surface area contributed by atoms with Gasteiger partial charge >= 0.3 is 0 Å². The Morgan fingerprint density at radius 1 is 0.824 bits per heavy atom. The van der Waals surface area contributed by atoms with Crippen molar-refractivity contribution in [2.24, 2.45) is 5.73 Å². The molecule has 17 heavy (non-hydrogen) atoms. The molecule has 0 aromatic carbocycles. The zero-order valence-corrected chi connectivity index (χ0v) is 11.7. The lowest BCUT2D eigenvalue weighted by atomic mass is 10.1. The van der Waals surface area contributed by atoms with Crippen molar-refractivity contribution in [3.63, 3.8) is 0 Å². The van der Waals surface area contributed by atoms with E-state index in [9.17, 15) is 0 Å². The average molecular weight is 240 g/mol. The van der Waals surface area contributed by atoms with Gasteiger partial charge in [0.15, 0.2) is 0 Å². The largest absolute Gasteiger partial charge is 0.391 e. The summed E-state index contributed by atoms with van der Waals surface area (Å²) in [7, 11) is 0. The lowest BCUT2D eigenvalue weighted by molar-refractivity contribution is 0.553. The molecule has 0 fully saturated rings. The van der Waals surface area contributed by atoms with Crippen molar-refractivity contribution in [1.29, 1.82) is 0 Å². The molecule has 3 N–H and O–H groups in total. The molecule has 0 spiro atoms. The van der Waals surface area contributed by atoms with Crippen molar-refractivity contribution in [3.8, 4) is 0 Å². The first-order valence-electron chi connectivity index (χ1n) is 7.50. The number of unbranched alkanes of at least 4 members (excludes halogenated alkanes) is 9. The van der Waals surface area contributed by atoms with Crippen molar-refractivity contribution < 1.29 is 0 Å². The van der Waals surface area contributed by atoms with E-state index in [-0.39, 0.29) is 0 Å². The van der Waals surface area contributed by atoms with Gasteiger partial charge in [0, 0.05) is 13.1 Å². The number of hydrogen-bond acceptors (Lipinski definition) is 2. The van der Waals surface area contributed by atoms with Crippen LogP contribution in [-0.2, 0) is 0 Å². The van der Waals surface area contributed by atoms with Crippen molar-refractivity contribution in [2.75, 3.05) is 13.1 Å². The Balaban J connectivity index is 2.91. The summed E-state index contributed by atoms with van der Waals surface area (Å²) in [6, 6.07) is 0. The molecule has 0 bridgehead atoms. The second kappa shape index (κ2) is 15.5. The highest BCUT2D eigenvalue weighted by atomic mass is 14.8. The van der Waals surface area contributed by atoms with Gasteiger partial charge in [-0.25, -0.2) is 0 Å². The molecule has 0 rings (SSSR count). The van der Waals surface area contributed by atoms with E-state index in [1.807, 2.05) is 12.3 Å². The number of hydrogen-bond donors (Lipinski definition) is 2. The maximum Gasteiger partial charge on any atom is 0.0141 e. The normalized spacial score (nSPS) is 11.2. The molecule has 0 radical (unpaired) electrons. The molecule has 2 heteroatoms. The third kappa shape index (κ3) is 15.5. The van der Waals surface area contributed by atoms with E-state index in [4.69, 9.17) is 5.73 Å². The van der Waals surface area contributed by atoms with Crippen LogP contribution in [0.15, 0.2) is 12.3 Å². The lowest BCUT2D eigenvalue weighted by Crippen LogP contribution is -2.07. The summed E-state index contributed by atoms with van der Waals surface area (Å²) in [5, 5.41) is 3.25. The monoisotopic (exact) mass is 240 g/mol. The Kier molecular flexibility index (Phi) is 15.0. The molecule has 0 saturated carbocycles. The molecule has 0 aliphatic heterocycles. The molecule has 0 aromatic heterocycles. The van der Waals surface area contributed by atoms with Gasteiger partial charge in [-0.2, -0.15) is 0 Å². The zero-order valence-electron chi connectivity index (χ0n) is 11.7. The SMILES string of the molecule is CCCCCCCCCCCCNC=CCN. The predicted molar refractivity (Wildman–Crippen MR) is 78.0 cm³/mol. The van der Waals surface area contributed by atoms with Gasteiger partial charge in [-0.3, -0.25) is 0 Å². The Morgan fingerprint density at radius 2 is 1.35 bits per heavy atom. The first-order chi connectivity index (χ1) is 8.41. The molecule has 0 heterocycles. The summed E-state index contributed by atoms with van der Waals surface area (Å²) in [6.07, 6.45) is 17.9. The van der Waals surface area contributed by atoms with Gasteiger partial charge in [0.25, 0.3) is 0 Å². The molecule has 2 nitrogen and oxygen atoms in total. The number of rotatable bonds is 13. The molecule has 0 aliphatic rings. The van der Waals surface area contributed by atoms with Crippen molar-refractivity contribution >= 4 is 0 Å². The Bertz CT molecular complexity index is 155. The van der Waals surface area contributed by atoms with E-state index in [1.165, 1.54) is 64.2 Å². The van der Waals surface area contributed by atoms with Crippen LogP contribution in [0.25, 0.3) is 0 Å². The summed E-state index contributed by atoms with van der Waals surface area (Å²) in [6.45, 7) is 3.99. The van der Waals surface area contributed by atoms with Crippen LogP contribution >= 0.6 is 0 Å². The zero-order chi connectivity index (χ0) is 12.6. The summed E-state index contributed by atoms with van der Waals surface area (Å²) in [4.78, 5) is 0. The van der Waals surface area contributed by atoms with E-state index in [2.05, 4.69) is 12.2 Å². The Morgan fingerprint density at radius 3 is 1.88 bits per heavy atom. The molecular weight excluding hydrogens is 208 g/mol. The molecule has 0 atom stereocenters. The Hall–Kier alpha value is -0.500. The minimum Gasteiger partial charge on any atom is -0.391 e. The summed E-state index contributed by atoms with van der Waals surface area (Å²) < 4.78 is 0. The van der Waals surface area contributed by atoms with E-state index < -0.39 is 0 Å². The third-order valence-corrected chi connectivity index (χ3v) is 3.05. The minimum atomic E-state index is 0.630. The minimum absolute atomic E-state index is 0.630. The standard InChI is InChI=1S/C15H32N2/c1-2-3-4-5-6-7-8-9-10-11-14-17-15-12-13-16/h12,15,17H,2-11,13-14,16H2,1H3. The van der Waals surface area contributed by atoms with Gasteiger partial charge in [-0.1, -0.05) is 70.8 Å². The topological polar surface area (TPSA) is 38.0 Å². The average Bonchev–Trinajstić information content (AvgIpc) is 2.35. The van der Waals surface area contributed by atoms with Gasteiger partial charge in [0.2, 0.25) is 0 Å². The maximum absolute atomic E-state index is 5.34. The van der Waals surface area contributed by atoms with Gasteiger partial charge in [-0.05, 0) is 12.6 Å². The highest BCUT2D eigenvalue weighted by molar-refractivity contribution is 4.79. The van der Waals surface area contributed by atoms with Crippen molar-refractivity contribution in [1.82, 2.24) is 5.32 Å². The summed E-state index contributed by atoms with van der Waals surface area (Å²) in [5.74, 6) is 0. The van der Waals surface area contributed by atoms with Crippen molar-refractivity contribution in [2.45, 2.75) is 71.1 Å². The second-order valence-electron chi connectivity index (χ2n) is 4.77. The van der Waals surface area contributed by atoms with Crippen LogP contribution in [0.5, 0.6) is 0 Å². The van der Waals surface area contributed by atoms with Crippen LogP contribution in [0.2, 0.25) is 0 Å². The Labute approximate surface area is 108 Å². The van der Waals surface area contributed by atoms with Crippen LogP contribution in [0.1, 0.15) is 71.1 Å². The fourth-order valence-electron chi connectivity index (χ4n) is 1.95. The van der Waals surface area contributed by atoms with Crippen LogP contribution in [0.3, 0.4) is 0 Å². The molecular formula is C15H32N2. The van der Waals surface area contributed by atoms with Crippen molar-refractivity contribution in [3.05, 3.63) is 12.3 Å². The van der Waals surface area contributed by atoms with Gasteiger partial charge in [0.1, 0.15) is 0 Å². The first kappa shape index (κ1) is 16.5. The number of nitrogens with one attached hydrogen (secondary N) is 1. The van der Waals surface area contributed by atoms with Crippen LogP contribution in [0.4, 0.5) is 0 Å². The fraction of sp³-hybridized carbons (Fsp3) is 0.867.